The average molecular weight is 852 g/mol. The van der Waals surface area contributed by atoms with Crippen LogP contribution in [0.5, 0.6) is 0 Å². The van der Waals surface area contributed by atoms with Crippen LogP contribution in [0.3, 0.4) is 0 Å². The molecule has 6 amide bonds. The van der Waals surface area contributed by atoms with Gasteiger partial charge in [0.25, 0.3) is 0 Å². The molecule has 3 N–H and O–H groups in total. The van der Waals surface area contributed by atoms with Gasteiger partial charge in [0, 0.05) is 79.7 Å². The Bertz CT molecular complexity index is 1560. The SMILES string of the molecule is CN(OCc1ccccc1)C(=O)CCNC(=O)OCCN(CCOC(=O)NCCC(=O)N(C)OCc1ccccc1)CCOC(=O)NCCC(=O)N(C)OCc1ccccc1. The number of nitrogens with one attached hydrogen (secondary N) is 3. The molecule has 0 aliphatic rings. The standard InChI is InChI=1S/C42H57N7O12/c1-46(59-31-34-13-7-4-8-14-34)37(50)19-22-43-40(53)56-28-25-49(26-29-57-41(54)44-23-20-38(51)47(2)60-32-35-15-9-5-10-16-35)27-30-58-42(55)45-24-21-39(52)48(3)61-33-36-17-11-6-12-18-36/h4-18H,19-33H2,1-3H3,(H,43,53)(H,44,54)(H,45,55). The van der Waals surface area contributed by atoms with Crippen LogP contribution < -0.4 is 16.0 Å². The number of alkyl carbamates (subject to hydrolysis) is 3. The fourth-order valence-electron chi connectivity index (χ4n) is 5.03. The van der Waals surface area contributed by atoms with Gasteiger partial charge in [0.2, 0.25) is 17.7 Å². The molecule has 0 radical (unpaired) electrons. The molecule has 3 aromatic carbocycles. The molecule has 0 fully saturated rings. The van der Waals surface area contributed by atoms with Crippen molar-refractivity contribution in [3.05, 3.63) is 108 Å². The van der Waals surface area contributed by atoms with Crippen molar-refractivity contribution < 1.29 is 57.5 Å². The number of ether oxygens (including phenoxy) is 3. The molecule has 0 saturated carbocycles. The predicted molar refractivity (Wildman–Crippen MR) is 220 cm³/mol. The van der Waals surface area contributed by atoms with E-state index in [0.29, 0.717) is 0 Å². The molecule has 0 bridgehead atoms. The normalized spacial score (nSPS) is 10.6. The third-order valence-electron chi connectivity index (χ3n) is 8.60. The fourth-order valence-corrected chi connectivity index (χ4v) is 5.03. The Morgan fingerprint density at radius 3 is 0.951 bits per heavy atom. The molecule has 0 atom stereocenters. The van der Waals surface area contributed by atoms with Crippen LogP contribution in [0.1, 0.15) is 36.0 Å². The van der Waals surface area contributed by atoms with Crippen molar-refractivity contribution in [2.24, 2.45) is 0 Å². The Kier molecular flexibility index (Phi) is 23.4. The smallest absolute Gasteiger partial charge is 0.407 e. The Labute approximate surface area is 356 Å². The summed E-state index contributed by atoms with van der Waals surface area (Å²) in [4.78, 5) is 92.4. The lowest BCUT2D eigenvalue weighted by atomic mass is 10.2. The summed E-state index contributed by atoms with van der Waals surface area (Å²) in [6.45, 7) is 0.962. The molecule has 332 valence electrons. The number of nitrogens with zero attached hydrogens (tertiary/aromatic N) is 4. The summed E-state index contributed by atoms with van der Waals surface area (Å²) >= 11 is 0. The van der Waals surface area contributed by atoms with Crippen LogP contribution in [-0.2, 0) is 62.9 Å². The highest BCUT2D eigenvalue weighted by Gasteiger charge is 2.15. The molecule has 0 aromatic heterocycles. The lowest BCUT2D eigenvalue weighted by Gasteiger charge is -2.22. The van der Waals surface area contributed by atoms with Crippen molar-refractivity contribution in [1.29, 1.82) is 0 Å². The van der Waals surface area contributed by atoms with E-state index in [1.807, 2.05) is 91.0 Å². The van der Waals surface area contributed by atoms with E-state index >= 15 is 0 Å². The first-order valence-electron chi connectivity index (χ1n) is 19.7. The number of hydrogen-bond acceptors (Lipinski definition) is 13. The summed E-state index contributed by atoms with van der Waals surface area (Å²) in [5.41, 5.74) is 2.70. The van der Waals surface area contributed by atoms with Gasteiger partial charge in [-0.2, -0.15) is 0 Å². The number of carbonyl (C=O) groups is 6. The van der Waals surface area contributed by atoms with E-state index in [1.165, 1.54) is 21.1 Å². The molecular weight excluding hydrogens is 794 g/mol. The Morgan fingerprint density at radius 2 is 0.689 bits per heavy atom. The Morgan fingerprint density at radius 1 is 0.426 bits per heavy atom. The first kappa shape index (κ1) is 49.1. The first-order chi connectivity index (χ1) is 29.5. The van der Waals surface area contributed by atoms with Crippen molar-refractivity contribution in [1.82, 2.24) is 36.0 Å². The van der Waals surface area contributed by atoms with Gasteiger partial charge in [0.05, 0.1) is 0 Å². The average Bonchev–Trinajstić information content (AvgIpc) is 3.27. The van der Waals surface area contributed by atoms with Gasteiger partial charge in [-0.1, -0.05) is 91.0 Å². The van der Waals surface area contributed by atoms with E-state index < -0.39 is 18.3 Å². The van der Waals surface area contributed by atoms with Crippen LogP contribution in [0.2, 0.25) is 0 Å². The summed E-state index contributed by atoms with van der Waals surface area (Å²) in [5, 5.41) is 10.9. The molecule has 19 heteroatoms. The van der Waals surface area contributed by atoms with Crippen LogP contribution in [-0.4, -0.2) is 136 Å². The summed E-state index contributed by atoms with van der Waals surface area (Å²) in [5.74, 6) is -1.02. The number of rotatable bonds is 27. The Hall–Kier alpha value is -6.28. The van der Waals surface area contributed by atoms with Crippen LogP contribution in [0, 0.1) is 0 Å². The Balaban J connectivity index is 1.36. The van der Waals surface area contributed by atoms with Gasteiger partial charge in [0.1, 0.15) is 39.6 Å². The monoisotopic (exact) mass is 851 g/mol. The highest BCUT2D eigenvalue weighted by Crippen LogP contribution is 2.06. The zero-order valence-corrected chi connectivity index (χ0v) is 35.0. The van der Waals surface area contributed by atoms with E-state index in [1.54, 1.807) is 4.90 Å². The first-order valence-corrected chi connectivity index (χ1v) is 19.7. The van der Waals surface area contributed by atoms with E-state index in [9.17, 15) is 28.8 Å². The highest BCUT2D eigenvalue weighted by atomic mass is 16.7. The topological polar surface area (TPSA) is 207 Å². The van der Waals surface area contributed by atoms with Gasteiger partial charge in [-0.05, 0) is 16.7 Å². The van der Waals surface area contributed by atoms with Gasteiger partial charge < -0.3 is 30.2 Å². The number of carbonyl (C=O) groups excluding carboxylic acids is 6. The minimum Gasteiger partial charge on any atom is -0.448 e. The fraction of sp³-hybridized carbons (Fsp3) is 0.429. The van der Waals surface area contributed by atoms with Crippen LogP contribution >= 0.6 is 0 Å². The van der Waals surface area contributed by atoms with E-state index in [-0.39, 0.29) is 116 Å². The zero-order valence-electron chi connectivity index (χ0n) is 35.0. The van der Waals surface area contributed by atoms with Gasteiger partial charge in [-0.3, -0.25) is 33.8 Å². The molecule has 19 nitrogen and oxygen atoms in total. The quantitative estimate of drug-likeness (QED) is 0.0744. The molecule has 0 spiro atoms. The number of hydrogen-bond donors (Lipinski definition) is 3. The molecule has 0 saturated heterocycles. The molecule has 3 rings (SSSR count). The van der Waals surface area contributed by atoms with Crippen LogP contribution in [0.4, 0.5) is 14.4 Å². The van der Waals surface area contributed by atoms with Gasteiger partial charge in [-0.15, -0.1) is 0 Å². The maximum absolute atomic E-state index is 12.4. The van der Waals surface area contributed by atoms with Crippen molar-refractivity contribution >= 4 is 36.0 Å². The van der Waals surface area contributed by atoms with Crippen LogP contribution in [0.25, 0.3) is 0 Å². The molecule has 61 heavy (non-hydrogen) atoms. The van der Waals surface area contributed by atoms with Crippen molar-refractivity contribution in [2.75, 3.05) is 80.2 Å². The molecule has 0 aliphatic heterocycles. The second kappa shape index (κ2) is 29.0. The summed E-state index contributed by atoms with van der Waals surface area (Å²) in [6, 6.07) is 28.1. The third-order valence-corrected chi connectivity index (χ3v) is 8.60. The summed E-state index contributed by atoms with van der Waals surface area (Å²) in [6.07, 6.45) is -2.31. The highest BCUT2D eigenvalue weighted by molar-refractivity contribution is 5.77. The predicted octanol–water partition coefficient (Wildman–Crippen LogP) is 3.41. The van der Waals surface area contributed by atoms with Crippen molar-refractivity contribution in [3.63, 3.8) is 0 Å². The van der Waals surface area contributed by atoms with E-state index in [0.717, 1.165) is 31.9 Å². The largest absolute Gasteiger partial charge is 0.448 e. The van der Waals surface area contributed by atoms with Crippen molar-refractivity contribution in [3.8, 4) is 0 Å². The molecule has 3 aromatic rings. The number of amides is 6. The number of benzene rings is 3. The van der Waals surface area contributed by atoms with Gasteiger partial charge >= 0.3 is 18.3 Å². The van der Waals surface area contributed by atoms with Crippen LogP contribution in [0.15, 0.2) is 91.0 Å². The maximum atomic E-state index is 12.4. The summed E-state index contributed by atoms with van der Waals surface area (Å²) in [7, 11) is 4.48. The second-order valence-electron chi connectivity index (χ2n) is 13.2. The van der Waals surface area contributed by atoms with Gasteiger partial charge in [-0.25, -0.2) is 29.6 Å². The molecule has 0 unspecified atom stereocenters. The lowest BCUT2D eigenvalue weighted by Crippen LogP contribution is -2.38. The van der Waals surface area contributed by atoms with Gasteiger partial charge in [0.15, 0.2) is 0 Å². The lowest BCUT2D eigenvalue weighted by molar-refractivity contribution is -0.182. The number of hydroxylamine groups is 6. The molecule has 0 heterocycles. The zero-order chi connectivity index (χ0) is 44.1. The minimum atomic E-state index is -0.747. The minimum absolute atomic E-state index is 0.0114. The molecule has 0 aliphatic carbocycles. The maximum Gasteiger partial charge on any atom is 0.407 e. The third kappa shape index (κ3) is 22.1. The van der Waals surface area contributed by atoms with E-state index in [4.69, 9.17) is 28.7 Å². The second-order valence-corrected chi connectivity index (χ2v) is 13.2. The van der Waals surface area contributed by atoms with Crippen molar-refractivity contribution in [2.45, 2.75) is 39.1 Å². The van der Waals surface area contributed by atoms with E-state index in [2.05, 4.69) is 16.0 Å². The molecular formula is C42H57N7O12. The summed E-state index contributed by atoms with van der Waals surface area (Å²) < 4.78 is 15.8.